The summed E-state index contributed by atoms with van der Waals surface area (Å²) in [6.45, 7) is 0.0479. The molecule has 5 nitrogen and oxygen atoms in total. The van der Waals surface area contributed by atoms with Crippen LogP contribution >= 0.6 is 15.9 Å². The molecule has 1 amide bonds. The molecule has 27 heavy (non-hydrogen) atoms. The van der Waals surface area contributed by atoms with Crippen LogP contribution in [-0.4, -0.2) is 27.1 Å². The fourth-order valence-corrected chi connectivity index (χ4v) is 4.26. The summed E-state index contributed by atoms with van der Waals surface area (Å²) in [7, 11) is -3.60. The number of halogens is 1. The highest BCUT2D eigenvalue weighted by atomic mass is 79.9. The standard InChI is InChI=1S/C20H19BrN2O3S/c1-27(25,26)23(19-9-5-4-8-18(19)21)14-20(24)22-13-15-10-11-16-6-2-3-7-17(16)12-15/h2-12H,13-14H2,1H3,(H,22,24). The van der Waals surface area contributed by atoms with Crippen LogP contribution in [0.5, 0.6) is 0 Å². The van der Waals surface area contributed by atoms with Crippen molar-refractivity contribution in [2.45, 2.75) is 6.54 Å². The van der Waals surface area contributed by atoms with Crippen LogP contribution in [-0.2, 0) is 21.4 Å². The van der Waals surface area contributed by atoms with Gasteiger partial charge in [0.25, 0.3) is 0 Å². The van der Waals surface area contributed by atoms with Crippen molar-refractivity contribution in [3.63, 3.8) is 0 Å². The molecule has 0 fully saturated rings. The van der Waals surface area contributed by atoms with Gasteiger partial charge in [-0.2, -0.15) is 0 Å². The Kier molecular flexibility index (Phi) is 5.82. The Bertz CT molecular complexity index is 1080. The van der Waals surface area contributed by atoms with Gasteiger partial charge in [0, 0.05) is 11.0 Å². The zero-order valence-electron chi connectivity index (χ0n) is 14.7. The summed E-state index contributed by atoms with van der Waals surface area (Å²) in [5, 5.41) is 5.02. The van der Waals surface area contributed by atoms with Gasteiger partial charge in [0.1, 0.15) is 6.54 Å². The average molecular weight is 447 g/mol. The minimum Gasteiger partial charge on any atom is -0.350 e. The predicted molar refractivity (Wildman–Crippen MR) is 112 cm³/mol. The first kappa shape index (κ1) is 19.4. The third kappa shape index (κ3) is 4.87. The lowest BCUT2D eigenvalue weighted by atomic mass is 10.1. The number of rotatable bonds is 6. The molecule has 7 heteroatoms. The minimum absolute atomic E-state index is 0.283. The SMILES string of the molecule is CS(=O)(=O)N(CC(=O)NCc1ccc2ccccc2c1)c1ccccc1Br. The molecule has 0 aliphatic rings. The van der Waals surface area contributed by atoms with Gasteiger partial charge in [0.05, 0.1) is 11.9 Å². The number of sulfonamides is 1. The van der Waals surface area contributed by atoms with E-state index in [0.717, 1.165) is 26.9 Å². The second-order valence-electron chi connectivity index (χ2n) is 6.18. The number of carbonyl (C=O) groups is 1. The number of nitrogens with one attached hydrogen (secondary N) is 1. The number of hydrogen-bond acceptors (Lipinski definition) is 3. The van der Waals surface area contributed by atoms with Crippen molar-refractivity contribution in [1.29, 1.82) is 0 Å². The molecule has 0 aromatic heterocycles. The largest absolute Gasteiger partial charge is 0.350 e. The van der Waals surface area contributed by atoms with Gasteiger partial charge < -0.3 is 5.32 Å². The summed E-state index contributed by atoms with van der Waals surface area (Å²) in [4.78, 5) is 12.4. The van der Waals surface area contributed by atoms with Crippen molar-refractivity contribution in [3.05, 3.63) is 76.8 Å². The number of para-hydroxylation sites is 1. The Labute approximate surface area is 167 Å². The maximum absolute atomic E-state index is 12.4. The van der Waals surface area contributed by atoms with Crippen LogP contribution < -0.4 is 9.62 Å². The third-order valence-corrected chi connectivity index (χ3v) is 5.91. The van der Waals surface area contributed by atoms with E-state index in [1.807, 2.05) is 42.5 Å². The minimum atomic E-state index is -3.60. The highest BCUT2D eigenvalue weighted by molar-refractivity contribution is 9.10. The van der Waals surface area contributed by atoms with Crippen LogP contribution in [0.15, 0.2) is 71.2 Å². The van der Waals surface area contributed by atoms with Crippen molar-refractivity contribution in [2.75, 3.05) is 17.1 Å². The summed E-state index contributed by atoms with van der Waals surface area (Å²) in [6, 6.07) is 20.8. The predicted octanol–water partition coefficient (Wildman–Crippen LogP) is 3.68. The number of fused-ring (bicyclic) bond motifs is 1. The van der Waals surface area contributed by atoms with Gasteiger partial charge in [0.2, 0.25) is 15.9 Å². The molecule has 0 bridgehead atoms. The molecule has 0 saturated carbocycles. The summed E-state index contributed by atoms with van der Waals surface area (Å²) < 4.78 is 26.0. The molecule has 3 rings (SSSR count). The normalized spacial score (nSPS) is 11.3. The molecule has 0 spiro atoms. The first-order valence-electron chi connectivity index (χ1n) is 8.31. The van der Waals surface area contributed by atoms with Crippen LogP contribution in [0.4, 0.5) is 5.69 Å². The van der Waals surface area contributed by atoms with Crippen LogP contribution in [0.3, 0.4) is 0 Å². The van der Waals surface area contributed by atoms with E-state index >= 15 is 0 Å². The molecule has 0 aliphatic carbocycles. The lowest BCUT2D eigenvalue weighted by molar-refractivity contribution is -0.119. The van der Waals surface area contributed by atoms with E-state index < -0.39 is 10.0 Å². The van der Waals surface area contributed by atoms with Crippen molar-refractivity contribution >= 4 is 48.3 Å². The molecule has 140 valence electrons. The van der Waals surface area contributed by atoms with Gasteiger partial charge in [-0.3, -0.25) is 9.10 Å². The van der Waals surface area contributed by atoms with E-state index in [-0.39, 0.29) is 12.5 Å². The molecular formula is C20H19BrN2O3S. The zero-order chi connectivity index (χ0) is 19.4. The van der Waals surface area contributed by atoms with Gasteiger partial charge in [-0.25, -0.2) is 8.42 Å². The maximum atomic E-state index is 12.4. The van der Waals surface area contributed by atoms with E-state index in [1.165, 1.54) is 0 Å². The number of carbonyl (C=O) groups excluding carboxylic acids is 1. The van der Waals surface area contributed by atoms with Gasteiger partial charge in [-0.1, -0.05) is 48.5 Å². The van der Waals surface area contributed by atoms with Crippen LogP contribution in [0.1, 0.15) is 5.56 Å². The Morgan fingerprint density at radius 2 is 1.67 bits per heavy atom. The number of amides is 1. The summed E-state index contributed by atoms with van der Waals surface area (Å²) >= 11 is 3.34. The fourth-order valence-electron chi connectivity index (χ4n) is 2.77. The monoisotopic (exact) mass is 446 g/mol. The number of hydrogen-bond donors (Lipinski definition) is 1. The van der Waals surface area contributed by atoms with E-state index in [2.05, 4.69) is 21.2 Å². The first-order chi connectivity index (χ1) is 12.8. The van der Waals surface area contributed by atoms with Gasteiger partial charge >= 0.3 is 0 Å². The molecule has 3 aromatic rings. The number of benzene rings is 3. The van der Waals surface area contributed by atoms with E-state index in [1.54, 1.807) is 24.3 Å². The smallest absolute Gasteiger partial charge is 0.241 e. The first-order valence-corrected chi connectivity index (χ1v) is 11.0. The van der Waals surface area contributed by atoms with Gasteiger partial charge in [0.15, 0.2) is 0 Å². The summed E-state index contributed by atoms with van der Waals surface area (Å²) in [6.07, 6.45) is 1.09. The molecule has 0 unspecified atom stereocenters. The van der Waals surface area contributed by atoms with Gasteiger partial charge in [-0.05, 0) is 50.5 Å². The number of anilines is 1. The van der Waals surface area contributed by atoms with E-state index in [9.17, 15) is 13.2 Å². The molecule has 1 N–H and O–H groups in total. The fraction of sp³-hybridized carbons (Fsp3) is 0.150. The Balaban J connectivity index is 1.71. The molecule has 0 atom stereocenters. The molecule has 0 aliphatic heterocycles. The van der Waals surface area contributed by atoms with Gasteiger partial charge in [-0.15, -0.1) is 0 Å². The highest BCUT2D eigenvalue weighted by Crippen LogP contribution is 2.27. The van der Waals surface area contributed by atoms with E-state index in [4.69, 9.17) is 0 Å². The van der Waals surface area contributed by atoms with Crippen molar-refractivity contribution in [1.82, 2.24) is 5.32 Å². The molecule has 0 heterocycles. The molecule has 0 saturated heterocycles. The maximum Gasteiger partial charge on any atom is 0.241 e. The summed E-state index contributed by atoms with van der Waals surface area (Å²) in [5.41, 5.74) is 1.38. The van der Waals surface area contributed by atoms with Crippen molar-refractivity contribution in [3.8, 4) is 0 Å². The zero-order valence-corrected chi connectivity index (χ0v) is 17.1. The van der Waals surface area contributed by atoms with Crippen LogP contribution in [0, 0.1) is 0 Å². The Morgan fingerprint density at radius 1 is 1.00 bits per heavy atom. The second-order valence-corrected chi connectivity index (χ2v) is 8.94. The van der Waals surface area contributed by atoms with E-state index in [0.29, 0.717) is 16.7 Å². The molecule has 0 radical (unpaired) electrons. The highest BCUT2D eigenvalue weighted by Gasteiger charge is 2.22. The quantitative estimate of drug-likeness (QED) is 0.627. The summed E-state index contributed by atoms with van der Waals surface area (Å²) in [5.74, 6) is -0.371. The average Bonchev–Trinajstić information content (AvgIpc) is 2.64. The number of nitrogens with zero attached hydrogens (tertiary/aromatic N) is 1. The van der Waals surface area contributed by atoms with Crippen LogP contribution in [0.2, 0.25) is 0 Å². The van der Waals surface area contributed by atoms with Crippen molar-refractivity contribution < 1.29 is 13.2 Å². The topological polar surface area (TPSA) is 66.5 Å². The third-order valence-electron chi connectivity index (χ3n) is 4.11. The Hall–Kier alpha value is -2.38. The lowest BCUT2D eigenvalue weighted by Gasteiger charge is -2.23. The molecular weight excluding hydrogens is 428 g/mol. The lowest BCUT2D eigenvalue weighted by Crippen LogP contribution is -2.40. The Morgan fingerprint density at radius 3 is 2.37 bits per heavy atom. The van der Waals surface area contributed by atoms with Crippen molar-refractivity contribution in [2.24, 2.45) is 0 Å². The second kappa shape index (κ2) is 8.10. The van der Waals surface area contributed by atoms with Crippen LogP contribution in [0.25, 0.3) is 10.8 Å². The molecule has 3 aromatic carbocycles.